The largest absolute Gasteiger partial charge is 0.348 e. The minimum atomic E-state index is -0.765. The van der Waals surface area contributed by atoms with Crippen LogP contribution >= 0.6 is 0 Å². The average Bonchev–Trinajstić information content (AvgIpc) is 2.52. The molecular weight excluding hydrogens is 310 g/mol. The third-order valence-corrected chi connectivity index (χ3v) is 3.98. The van der Waals surface area contributed by atoms with Gasteiger partial charge in [-0.1, -0.05) is 24.3 Å². The van der Waals surface area contributed by atoms with Crippen molar-refractivity contribution in [1.29, 1.82) is 0 Å². The fraction of sp³-hybridized carbons (Fsp3) is 0.316. The van der Waals surface area contributed by atoms with Gasteiger partial charge in [-0.2, -0.15) is 0 Å². The van der Waals surface area contributed by atoms with Crippen molar-refractivity contribution in [3.8, 4) is 0 Å². The maximum atomic E-state index is 13.2. The summed E-state index contributed by atoms with van der Waals surface area (Å²) < 4.78 is 26.4. The molecule has 0 aliphatic heterocycles. The van der Waals surface area contributed by atoms with Crippen LogP contribution in [0.2, 0.25) is 0 Å². The molecule has 2 aromatic rings. The van der Waals surface area contributed by atoms with Crippen molar-refractivity contribution in [2.75, 3.05) is 7.05 Å². The zero-order chi connectivity index (χ0) is 17.7. The number of nitrogens with one attached hydrogen (secondary N) is 1. The molecule has 5 heteroatoms. The first-order chi connectivity index (χ1) is 11.4. The monoisotopic (exact) mass is 332 g/mol. The number of hydrogen-bond acceptors (Lipinski definition) is 2. The SMILES string of the molecule is CC(C)N(C)Cc1ccccc1CNC(=O)c1cc(F)cc(F)c1. The fourth-order valence-electron chi connectivity index (χ4n) is 2.30. The standard InChI is InChI=1S/C19H22F2N2O/c1-13(2)23(3)12-15-7-5-4-6-14(15)11-22-19(24)16-8-17(20)10-18(21)9-16/h4-10,13H,11-12H2,1-3H3,(H,22,24). The van der Waals surface area contributed by atoms with Crippen molar-refractivity contribution in [3.05, 3.63) is 70.8 Å². The van der Waals surface area contributed by atoms with Gasteiger partial charge >= 0.3 is 0 Å². The molecule has 0 spiro atoms. The Morgan fingerprint density at radius 2 is 1.67 bits per heavy atom. The number of amides is 1. The van der Waals surface area contributed by atoms with E-state index in [9.17, 15) is 13.6 Å². The van der Waals surface area contributed by atoms with Crippen molar-refractivity contribution in [1.82, 2.24) is 10.2 Å². The van der Waals surface area contributed by atoms with Crippen LogP contribution in [0.15, 0.2) is 42.5 Å². The molecule has 3 nitrogen and oxygen atoms in total. The van der Waals surface area contributed by atoms with Crippen LogP contribution in [0.25, 0.3) is 0 Å². The van der Waals surface area contributed by atoms with Crippen LogP contribution in [0.3, 0.4) is 0 Å². The van der Waals surface area contributed by atoms with E-state index in [0.717, 1.165) is 35.9 Å². The highest BCUT2D eigenvalue weighted by Gasteiger charge is 2.11. The van der Waals surface area contributed by atoms with Crippen molar-refractivity contribution in [2.24, 2.45) is 0 Å². The third-order valence-electron chi connectivity index (χ3n) is 3.98. The van der Waals surface area contributed by atoms with Crippen molar-refractivity contribution in [3.63, 3.8) is 0 Å². The highest BCUT2D eigenvalue weighted by molar-refractivity contribution is 5.94. The van der Waals surface area contributed by atoms with Gasteiger partial charge in [0.25, 0.3) is 5.91 Å². The van der Waals surface area contributed by atoms with E-state index in [1.807, 2.05) is 31.3 Å². The van der Waals surface area contributed by atoms with Crippen LogP contribution in [0.1, 0.15) is 35.3 Å². The lowest BCUT2D eigenvalue weighted by Gasteiger charge is -2.22. The quantitative estimate of drug-likeness (QED) is 0.874. The number of carbonyl (C=O) groups excluding carboxylic acids is 1. The van der Waals surface area contributed by atoms with Crippen LogP contribution in [0.4, 0.5) is 8.78 Å². The molecule has 0 saturated heterocycles. The van der Waals surface area contributed by atoms with Gasteiger partial charge in [0.15, 0.2) is 0 Å². The Bertz CT molecular complexity index is 696. The van der Waals surface area contributed by atoms with E-state index < -0.39 is 17.5 Å². The molecule has 2 rings (SSSR count). The molecule has 0 saturated carbocycles. The summed E-state index contributed by atoms with van der Waals surface area (Å²) in [6.45, 7) is 5.29. The molecule has 1 amide bonds. The molecular formula is C19H22F2N2O. The Kier molecular flexibility index (Phi) is 6.04. The van der Waals surface area contributed by atoms with Gasteiger partial charge in [0.1, 0.15) is 11.6 Å². The van der Waals surface area contributed by atoms with E-state index in [1.54, 1.807) is 0 Å². The van der Waals surface area contributed by atoms with Crippen LogP contribution in [0.5, 0.6) is 0 Å². The number of hydrogen-bond donors (Lipinski definition) is 1. The summed E-state index contributed by atoms with van der Waals surface area (Å²) in [4.78, 5) is 14.3. The van der Waals surface area contributed by atoms with Crippen molar-refractivity contribution >= 4 is 5.91 Å². The van der Waals surface area contributed by atoms with Gasteiger partial charge in [-0.3, -0.25) is 9.69 Å². The summed E-state index contributed by atoms with van der Waals surface area (Å²) in [5.74, 6) is -2.03. The van der Waals surface area contributed by atoms with E-state index >= 15 is 0 Å². The Morgan fingerprint density at radius 3 is 2.25 bits per heavy atom. The number of carbonyl (C=O) groups is 1. The molecule has 0 heterocycles. The Labute approximate surface area is 141 Å². The minimum absolute atomic E-state index is 0.0238. The molecule has 0 unspecified atom stereocenters. The predicted octanol–water partition coefficient (Wildman–Crippen LogP) is 3.74. The molecule has 0 bridgehead atoms. The van der Waals surface area contributed by atoms with E-state index in [1.165, 1.54) is 0 Å². The third kappa shape index (κ3) is 4.86. The van der Waals surface area contributed by atoms with Gasteiger partial charge in [-0.05, 0) is 44.2 Å². The predicted molar refractivity (Wildman–Crippen MR) is 90.6 cm³/mol. The summed E-state index contributed by atoms with van der Waals surface area (Å²) in [6.07, 6.45) is 0. The highest BCUT2D eigenvalue weighted by atomic mass is 19.1. The lowest BCUT2D eigenvalue weighted by atomic mass is 10.1. The van der Waals surface area contributed by atoms with Crippen LogP contribution in [-0.2, 0) is 13.1 Å². The van der Waals surface area contributed by atoms with Gasteiger partial charge in [-0.15, -0.1) is 0 Å². The first-order valence-electron chi connectivity index (χ1n) is 7.88. The van der Waals surface area contributed by atoms with Crippen LogP contribution in [-0.4, -0.2) is 23.9 Å². The summed E-state index contributed by atoms with van der Waals surface area (Å²) in [5.41, 5.74) is 2.07. The van der Waals surface area contributed by atoms with E-state index in [0.29, 0.717) is 12.6 Å². The minimum Gasteiger partial charge on any atom is -0.348 e. The Hall–Kier alpha value is -2.27. The van der Waals surface area contributed by atoms with Gasteiger partial charge in [0.05, 0.1) is 0 Å². The fourth-order valence-corrected chi connectivity index (χ4v) is 2.30. The Balaban J connectivity index is 2.07. The molecule has 2 aromatic carbocycles. The molecule has 0 aliphatic rings. The molecule has 0 aromatic heterocycles. The first-order valence-corrected chi connectivity index (χ1v) is 7.88. The lowest BCUT2D eigenvalue weighted by Crippen LogP contribution is -2.27. The molecule has 0 atom stereocenters. The second-order valence-electron chi connectivity index (χ2n) is 6.12. The van der Waals surface area contributed by atoms with Gasteiger partial charge < -0.3 is 5.32 Å². The molecule has 128 valence electrons. The molecule has 1 N–H and O–H groups in total. The second-order valence-corrected chi connectivity index (χ2v) is 6.12. The number of benzene rings is 2. The average molecular weight is 332 g/mol. The molecule has 0 radical (unpaired) electrons. The smallest absolute Gasteiger partial charge is 0.251 e. The van der Waals surface area contributed by atoms with E-state index in [2.05, 4.69) is 24.1 Å². The van der Waals surface area contributed by atoms with Gasteiger partial charge in [0.2, 0.25) is 0 Å². The van der Waals surface area contributed by atoms with Gasteiger partial charge in [-0.25, -0.2) is 8.78 Å². The number of nitrogens with zero attached hydrogens (tertiary/aromatic N) is 1. The summed E-state index contributed by atoms with van der Waals surface area (Å²) in [5, 5.41) is 2.72. The topological polar surface area (TPSA) is 32.3 Å². The lowest BCUT2D eigenvalue weighted by molar-refractivity contribution is 0.0949. The number of rotatable bonds is 6. The summed E-state index contributed by atoms with van der Waals surface area (Å²) in [6, 6.07) is 11.0. The maximum Gasteiger partial charge on any atom is 0.251 e. The van der Waals surface area contributed by atoms with Gasteiger partial charge in [0, 0.05) is 30.8 Å². The zero-order valence-electron chi connectivity index (χ0n) is 14.1. The molecule has 0 fully saturated rings. The summed E-state index contributed by atoms with van der Waals surface area (Å²) in [7, 11) is 2.04. The maximum absolute atomic E-state index is 13.2. The summed E-state index contributed by atoms with van der Waals surface area (Å²) >= 11 is 0. The Morgan fingerprint density at radius 1 is 1.08 bits per heavy atom. The molecule has 0 aliphatic carbocycles. The normalized spacial score (nSPS) is 11.1. The van der Waals surface area contributed by atoms with Crippen molar-refractivity contribution < 1.29 is 13.6 Å². The van der Waals surface area contributed by atoms with Crippen molar-refractivity contribution in [2.45, 2.75) is 33.0 Å². The van der Waals surface area contributed by atoms with E-state index in [4.69, 9.17) is 0 Å². The van der Waals surface area contributed by atoms with E-state index in [-0.39, 0.29) is 5.56 Å². The van der Waals surface area contributed by atoms with Crippen LogP contribution in [0, 0.1) is 11.6 Å². The first kappa shape index (κ1) is 18.1. The highest BCUT2D eigenvalue weighted by Crippen LogP contribution is 2.13. The number of halogens is 2. The molecule has 24 heavy (non-hydrogen) atoms. The zero-order valence-corrected chi connectivity index (χ0v) is 14.1. The second kappa shape index (κ2) is 8.02. The van der Waals surface area contributed by atoms with Crippen LogP contribution < -0.4 is 5.32 Å².